The maximum absolute atomic E-state index is 13.0. The summed E-state index contributed by atoms with van der Waals surface area (Å²) >= 11 is 0. The zero-order chi connectivity index (χ0) is 15.2. The molecular weight excluding hydrogens is 278 g/mol. The number of nitrogens with one attached hydrogen (secondary N) is 2. The van der Waals surface area contributed by atoms with Gasteiger partial charge in [-0.05, 0) is 23.8 Å². The molecule has 21 heavy (non-hydrogen) atoms. The summed E-state index contributed by atoms with van der Waals surface area (Å²) in [6.45, 7) is 0. The molecule has 4 nitrogen and oxygen atoms in total. The predicted molar refractivity (Wildman–Crippen MR) is 72.1 cm³/mol. The normalized spacial score (nSPS) is 10.0. The van der Waals surface area contributed by atoms with Gasteiger partial charge in [-0.3, -0.25) is 20.4 Å². The molecule has 0 saturated heterocycles. The van der Waals surface area contributed by atoms with Crippen LogP contribution in [0.1, 0.15) is 15.9 Å². The van der Waals surface area contributed by atoms with Crippen molar-refractivity contribution >= 4 is 11.8 Å². The molecule has 0 radical (unpaired) electrons. The van der Waals surface area contributed by atoms with Crippen LogP contribution in [-0.2, 0) is 11.2 Å². The van der Waals surface area contributed by atoms with E-state index < -0.39 is 23.4 Å². The molecule has 0 atom stereocenters. The average Bonchev–Trinajstić information content (AvgIpc) is 2.48. The Morgan fingerprint density at radius 2 is 1.62 bits per heavy atom. The summed E-state index contributed by atoms with van der Waals surface area (Å²) in [4.78, 5) is 23.3. The first-order valence-electron chi connectivity index (χ1n) is 6.14. The fourth-order valence-corrected chi connectivity index (χ4v) is 1.66. The predicted octanol–water partition coefficient (Wildman–Crippen LogP) is 1.97. The van der Waals surface area contributed by atoms with Gasteiger partial charge >= 0.3 is 0 Å². The summed E-state index contributed by atoms with van der Waals surface area (Å²) in [7, 11) is 0. The van der Waals surface area contributed by atoms with E-state index in [1.165, 1.54) is 0 Å². The number of carbonyl (C=O) groups is 2. The molecule has 6 heteroatoms. The van der Waals surface area contributed by atoms with E-state index in [0.29, 0.717) is 0 Å². The molecule has 0 bridgehead atoms. The van der Waals surface area contributed by atoms with Crippen LogP contribution in [0.15, 0.2) is 48.5 Å². The minimum atomic E-state index is -1.13. The fourth-order valence-electron chi connectivity index (χ4n) is 1.66. The second-order valence-electron chi connectivity index (χ2n) is 4.29. The van der Waals surface area contributed by atoms with E-state index >= 15 is 0 Å². The molecule has 0 aliphatic heterocycles. The van der Waals surface area contributed by atoms with E-state index in [-0.39, 0.29) is 12.0 Å². The van der Waals surface area contributed by atoms with Gasteiger partial charge in [-0.25, -0.2) is 8.78 Å². The van der Waals surface area contributed by atoms with Crippen molar-refractivity contribution in [3.05, 3.63) is 71.3 Å². The molecule has 0 fully saturated rings. The van der Waals surface area contributed by atoms with Crippen LogP contribution in [0, 0.1) is 11.6 Å². The first-order valence-corrected chi connectivity index (χ1v) is 6.14. The van der Waals surface area contributed by atoms with Gasteiger partial charge < -0.3 is 0 Å². The number of hydrogen-bond donors (Lipinski definition) is 2. The second kappa shape index (κ2) is 6.60. The smallest absolute Gasteiger partial charge is 0.269 e. The first kappa shape index (κ1) is 14.6. The highest BCUT2D eigenvalue weighted by Crippen LogP contribution is 2.08. The monoisotopic (exact) mass is 290 g/mol. The van der Waals surface area contributed by atoms with Gasteiger partial charge in [0.2, 0.25) is 5.91 Å². The Hall–Kier alpha value is -2.76. The number of amides is 2. The van der Waals surface area contributed by atoms with Crippen molar-refractivity contribution in [1.82, 2.24) is 10.9 Å². The number of halogens is 2. The van der Waals surface area contributed by atoms with Gasteiger partial charge in [0.1, 0.15) is 0 Å². The molecule has 0 aliphatic rings. The van der Waals surface area contributed by atoms with Crippen molar-refractivity contribution in [2.45, 2.75) is 6.42 Å². The van der Waals surface area contributed by atoms with Gasteiger partial charge in [0.15, 0.2) is 11.6 Å². The Morgan fingerprint density at radius 3 is 2.29 bits per heavy atom. The lowest BCUT2D eigenvalue weighted by Crippen LogP contribution is -2.42. The van der Waals surface area contributed by atoms with Crippen LogP contribution >= 0.6 is 0 Å². The number of hydrogen-bond acceptors (Lipinski definition) is 2. The third-order valence-electron chi connectivity index (χ3n) is 2.70. The zero-order valence-corrected chi connectivity index (χ0v) is 10.9. The van der Waals surface area contributed by atoms with E-state index in [1.54, 1.807) is 24.3 Å². The molecule has 0 spiro atoms. The molecular formula is C15H12F2N2O2. The number of rotatable bonds is 3. The van der Waals surface area contributed by atoms with Crippen LogP contribution in [0.3, 0.4) is 0 Å². The van der Waals surface area contributed by atoms with Crippen LogP contribution < -0.4 is 10.9 Å². The van der Waals surface area contributed by atoms with Gasteiger partial charge in [0, 0.05) is 5.56 Å². The first-order chi connectivity index (χ1) is 10.1. The van der Waals surface area contributed by atoms with E-state index in [0.717, 1.165) is 23.8 Å². The summed E-state index contributed by atoms with van der Waals surface area (Å²) in [5.74, 6) is -3.31. The maximum atomic E-state index is 13.0. The van der Waals surface area contributed by atoms with Crippen LogP contribution in [-0.4, -0.2) is 11.8 Å². The van der Waals surface area contributed by atoms with Crippen molar-refractivity contribution in [1.29, 1.82) is 0 Å². The van der Waals surface area contributed by atoms with Gasteiger partial charge in [0.25, 0.3) is 5.91 Å². The molecule has 108 valence electrons. The van der Waals surface area contributed by atoms with Gasteiger partial charge in [-0.2, -0.15) is 0 Å². The van der Waals surface area contributed by atoms with Gasteiger partial charge in [-0.15, -0.1) is 0 Å². The maximum Gasteiger partial charge on any atom is 0.269 e. The summed E-state index contributed by atoms with van der Waals surface area (Å²) in [5, 5.41) is 0. The minimum Gasteiger partial charge on any atom is -0.273 e. The van der Waals surface area contributed by atoms with Gasteiger partial charge in [-0.1, -0.05) is 30.3 Å². The van der Waals surface area contributed by atoms with E-state index in [2.05, 4.69) is 10.9 Å². The molecule has 2 amide bonds. The lowest BCUT2D eigenvalue weighted by Gasteiger charge is -2.07. The summed E-state index contributed by atoms with van der Waals surface area (Å²) in [6, 6.07) is 11.7. The standard InChI is InChI=1S/C15H12F2N2O2/c16-12-7-6-11(9-13(12)17)15(21)19-18-14(20)8-10-4-2-1-3-5-10/h1-7,9H,8H2,(H,18,20)(H,19,21). The number of carbonyl (C=O) groups excluding carboxylic acids is 2. The summed E-state index contributed by atoms with van der Waals surface area (Å²) in [5.41, 5.74) is 5.05. The fraction of sp³-hybridized carbons (Fsp3) is 0.0667. The third-order valence-corrected chi connectivity index (χ3v) is 2.70. The van der Waals surface area contributed by atoms with E-state index in [1.807, 2.05) is 6.07 Å². The minimum absolute atomic E-state index is 0.0890. The Balaban J connectivity index is 1.89. The Morgan fingerprint density at radius 1 is 0.905 bits per heavy atom. The largest absolute Gasteiger partial charge is 0.273 e. The summed E-state index contributed by atoms with van der Waals surface area (Å²) in [6.07, 6.45) is 0.0961. The highest BCUT2D eigenvalue weighted by molar-refractivity contribution is 5.95. The number of benzene rings is 2. The van der Waals surface area contributed by atoms with Crippen LogP contribution in [0.4, 0.5) is 8.78 Å². The Kier molecular flexibility index (Phi) is 4.61. The molecule has 0 aliphatic carbocycles. The molecule has 2 aromatic carbocycles. The molecule has 2 rings (SSSR count). The molecule has 0 saturated carbocycles. The second-order valence-corrected chi connectivity index (χ2v) is 4.29. The lowest BCUT2D eigenvalue weighted by atomic mass is 10.1. The highest BCUT2D eigenvalue weighted by atomic mass is 19.2. The molecule has 0 unspecified atom stereocenters. The van der Waals surface area contributed by atoms with Crippen LogP contribution in [0.25, 0.3) is 0 Å². The molecule has 0 aromatic heterocycles. The molecule has 2 N–H and O–H groups in total. The third kappa shape index (κ3) is 4.10. The zero-order valence-electron chi connectivity index (χ0n) is 10.9. The van der Waals surface area contributed by atoms with Crippen LogP contribution in [0.5, 0.6) is 0 Å². The van der Waals surface area contributed by atoms with E-state index in [4.69, 9.17) is 0 Å². The van der Waals surface area contributed by atoms with Crippen molar-refractivity contribution in [2.24, 2.45) is 0 Å². The highest BCUT2D eigenvalue weighted by Gasteiger charge is 2.10. The quantitative estimate of drug-likeness (QED) is 0.849. The van der Waals surface area contributed by atoms with Crippen LogP contribution in [0.2, 0.25) is 0 Å². The average molecular weight is 290 g/mol. The van der Waals surface area contributed by atoms with Gasteiger partial charge in [0.05, 0.1) is 6.42 Å². The molecule has 0 heterocycles. The van der Waals surface area contributed by atoms with Crippen molar-refractivity contribution in [2.75, 3.05) is 0 Å². The molecule has 2 aromatic rings. The SMILES string of the molecule is O=C(Cc1ccccc1)NNC(=O)c1ccc(F)c(F)c1. The Bertz CT molecular complexity index is 660. The van der Waals surface area contributed by atoms with Crippen molar-refractivity contribution < 1.29 is 18.4 Å². The topological polar surface area (TPSA) is 58.2 Å². The van der Waals surface area contributed by atoms with Crippen molar-refractivity contribution in [3.8, 4) is 0 Å². The lowest BCUT2D eigenvalue weighted by molar-refractivity contribution is -0.121. The Labute approximate surface area is 119 Å². The summed E-state index contributed by atoms with van der Waals surface area (Å²) < 4.78 is 25.7. The van der Waals surface area contributed by atoms with Crippen molar-refractivity contribution in [3.63, 3.8) is 0 Å². The number of hydrazine groups is 1. The van der Waals surface area contributed by atoms with E-state index in [9.17, 15) is 18.4 Å².